The fraction of sp³-hybridized carbons (Fsp3) is 0.300. The first-order valence-corrected chi connectivity index (χ1v) is 9.14. The smallest absolute Gasteiger partial charge is 0.231 e. The zero-order chi connectivity index (χ0) is 20.5. The highest BCUT2D eigenvalue weighted by molar-refractivity contribution is 6.01. The number of anilines is 1. The summed E-state index contributed by atoms with van der Waals surface area (Å²) in [4.78, 5) is 18.9. The van der Waals surface area contributed by atoms with Crippen LogP contribution in [0, 0.1) is 11.3 Å². The van der Waals surface area contributed by atoms with Gasteiger partial charge in [0.15, 0.2) is 5.78 Å². The number of nitrogens with one attached hydrogen (secondary N) is 1. The number of rotatable bonds is 4. The summed E-state index contributed by atoms with van der Waals surface area (Å²) in [5.41, 5.74) is 8.61. The number of aromatic nitrogens is 3. The lowest BCUT2D eigenvalue weighted by molar-refractivity contribution is -0.116. The predicted molar refractivity (Wildman–Crippen MR) is 104 cm³/mol. The number of carbonyl (C=O) groups is 1. The summed E-state index contributed by atoms with van der Waals surface area (Å²) < 4.78 is 10.9. The van der Waals surface area contributed by atoms with Gasteiger partial charge in [0, 0.05) is 23.3 Å². The van der Waals surface area contributed by atoms with Crippen LogP contribution < -0.4 is 20.1 Å². The van der Waals surface area contributed by atoms with Gasteiger partial charge < -0.3 is 15.2 Å². The number of ether oxygens (including phenoxy) is 2. The summed E-state index contributed by atoms with van der Waals surface area (Å²) >= 11 is 0. The quantitative estimate of drug-likeness (QED) is 0.809. The Hall–Kier alpha value is -3.80. The predicted octanol–water partition coefficient (Wildman–Crippen LogP) is 2.13. The molecule has 4 rings (SSSR count). The van der Waals surface area contributed by atoms with E-state index in [4.69, 9.17) is 15.2 Å². The molecule has 29 heavy (non-hydrogen) atoms. The molecule has 1 atom stereocenters. The molecule has 1 aromatic heterocycles. The summed E-state index contributed by atoms with van der Waals surface area (Å²) in [7, 11) is 3.11. The molecule has 0 amide bonds. The van der Waals surface area contributed by atoms with Crippen molar-refractivity contribution in [2.75, 3.05) is 19.1 Å². The van der Waals surface area contributed by atoms with Gasteiger partial charge in [0.05, 0.1) is 31.8 Å². The molecule has 0 saturated heterocycles. The molecule has 3 N–H and O–H groups in total. The molecule has 148 valence electrons. The molecule has 0 spiro atoms. The van der Waals surface area contributed by atoms with Crippen LogP contribution in [0.15, 0.2) is 47.2 Å². The number of hydrogen-bond donors (Lipinski definition) is 2. The third-order valence-electron chi connectivity index (χ3n) is 5.28. The van der Waals surface area contributed by atoms with E-state index < -0.39 is 5.92 Å². The summed E-state index contributed by atoms with van der Waals surface area (Å²) in [5.74, 6) is 1.06. The van der Waals surface area contributed by atoms with Gasteiger partial charge in [0.25, 0.3) is 0 Å². The van der Waals surface area contributed by atoms with Crippen molar-refractivity contribution >= 4 is 11.7 Å². The molecule has 2 heterocycles. The number of ketones is 1. The Labute approximate surface area is 167 Å². The first-order valence-electron chi connectivity index (χ1n) is 9.14. The number of carbonyl (C=O) groups excluding carboxylic acids is 1. The first-order chi connectivity index (χ1) is 14.1. The van der Waals surface area contributed by atoms with E-state index in [1.165, 1.54) is 6.33 Å². The average molecular weight is 392 g/mol. The van der Waals surface area contributed by atoms with Gasteiger partial charge in [-0.1, -0.05) is 0 Å². The number of benzene rings is 1. The van der Waals surface area contributed by atoms with Crippen LogP contribution >= 0.6 is 0 Å². The summed E-state index contributed by atoms with van der Waals surface area (Å²) in [6, 6.07) is 7.51. The maximum atomic E-state index is 13.1. The molecule has 1 aliphatic carbocycles. The van der Waals surface area contributed by atoms with Crippen molar-refractivity contribution in [1.29, 1.82) is 5.26 Å². The van der Waals surface area contributed by atoms with E-state index >= 15 is 0 Å². The van der Waals surface area contributed by atoms with Gasteiger partial charge in [-0.05, 0) is 31.0 Å². The molecule has 0 saturated carbocycles. The summed E-state index contributed by atoms with van der Waals surface area (Å²) in [5, 5.41) is 16.7. The van der Waals surface area contributed by atoms with Crippen LogP contribution in [0.1, 0.15) is 30.7 Å². The van der Waals surface area contributed by atoms with Crippen LogP contribution in [0.5, 0.6) is 11.5 Å². The van der Waals surface area contributed by atoms with Crippen molar-refractivity contribution in [3.63, 3.8) is 0 Å². The Morgan fingerprint density at radius 2 is 2.14 bits per heavy atom. The second kappa shape index (κ2) is 7.31. The molecule has 0 unspecified atom stereocenters. The third-order valence-corrected chi connectivity index (χ3v) is 5.28. The van der Waals surface area contributed by atoms with Crippen LogP contribution in [0.25, 0.3) is 0 Å². The Balaban J connectivity index is 2.00. The van der Waals surface area contributed by atoms with E-state index in [0.717, 1.165) is 5.70 Å². The lowest BCUT2D eigenvalue weighted by Gasteiger charge is -2.38. The van der Waals surface area contributed by atoms with Crippen LogP contribution in [-0.2, 0) is 4.79 Å². The number of aromatic amines is 1. The van der Waals surface area contributed by atoms with Crippen LogP contribution in [-0.4, -0.2) is 35.2 Å². The van der Waals surface area contributed by atoms with Crippen molar-refractivity contribution in [3.05, 3.63) is 52.8 Å². The Bertz CT molecular complexity index is 1060. The zero-order valence-corrected chi connectivity index (χ0v) is 16.1. The largest absolute Gasteiger partial charge is 0.497 e. The highest BCUT2D eigenvalue weighted by Crippen LogP contribution is 2.48. The number of hydrogen-bond acceptors (Lipinski definition) is 8. The summed E-state index contributed by atoms with van der Waals surface area (Å²) in [6.07, 6.45) is 3.09. The maximum absolute atomic E-state index is 13.1. The molecule has 0 fully saturated rings. The maximum Gasteiger partial charge on any atom is 0.231 e. The van der Waals surface area contributed by atoms with Crippen molar-refractivity contribution < 1.29 is 14.3 Å². The Kier molecular flexibility index (Phi) is 4.68. The van der Waals surface area contributed by atoms with Crippen molar-refractivity contribution in [2.45, 2.75) is 25.2 Å². The fourth-order valence-electron chi connectivity index (χ4n) is 4.01. The van der Waals surface area contributed by atoms with E-state index in [0.29, 0.717) is 47.8 Å². The van der Waals surface area contributed by atoms with Gasteiger partial charge in [-0.3, -0.25) is 9.69 Å². The number of Topliss-reactive ketones (excluding diaryl/α,β-unsaturated/α-hetero) is 1. The SMILES string of the molecule is COc1ccc(OC)c([C@H]2C(C#N)=C(N)N(c3ncn[nH]3)C3=C2C(=O)CCC3)c1. The van der Waals surface area contributed by atoms with Gasteiger partial charge in [-0.25, -0.2) is 5.10 Å². The molecule has 9 nitrogen and oxygen atoms in total. The van der Waals surface area contributed by atoms with Gasteiger partial charge in [-0.2, -0.15) is 15.3 Å². The minimum Gasteiger partial charge on any atom is -0.497 e. The normalized spacial score (nSPS) is 19.1. The molecular weight excluding hydrogens is 372 g/mol. The van der Waals surface area contributed by atoms with Crippen molar-refractivity contribution in [3.8, 4) is 17.6 Å². The number of methoxy groups -OCH3 is 2. The van der Waals surface area contributed by atoms with Crippen LogP contribution in [0.2, 0.25) is 0 Å². The summed E-state index contributed by atoms with van der Waals surface area (Å²) in [6.45, 7) is 0. The first kappa shape index (κ1) is 18.6. The fourth-order valence-corrected chi connectivity index (χ4v) is 4.01. The minimum atomic E-state index is -0.646. The molecule has 1 aromatic carbocycles. The van der Waals surface area contributed by atoms with E-state index in [-0.39, 0.29) is 17.2 Å². The number of nitriles is 1. The standard InChI is InChI=1S/C20H20N6O3/c1-28-11-6-7-16(29-2)12(8-11)17-13(9-21)19(22)26(20-23-10-24-25-20)14-4-3-5-15(27)18(14)17/h6-8,10,17H,3-5,22H2,1-2H3,(H,23,24,25)/t17-/m0/s1. The van der Waals surface area contributed by atoms with Gasteiger partial charge in [0.2, 0.25) is 5.95 Å². The van der Waals surface area contributed by atoms with E-state index in [1.807, 2.05) is 0 Å². The molecule has 0 radical (unpaired) electrons. The highest BCUT2D eigenvalue weighted by Gasteiger charge is 2.42. The second-order valence-electron chi connectivity index (χ2n) is 6.73. The number of H-pyrrole nitrogens is 1. The van der Waals surface area contributed by atoms with Crippen LogP contribution in [0.3, 0.4) is 0 Å². The number of allylic oxidation sites excluding steroid dienone is 3. The lowest BCUT2D eigenvalue weighted by Crippen LogP contribution is -2.39. The molecule has 2 aromatic rings. The molecule has 9 heteroatoms. The third kappa shape index (κ3) is 2.89. The van der Waals surface area contributed by atoms with Gasteiger partial charge in [0.1, 0.15) is 23.6 Å². The Morgan fingerprint density at radius 1 is 1.31 bits per heavy atom. The number of nitrogens with zero attached hydrogens (tertiary/aromatic N) is 4. The van der Waals surface area contributed by atoms with Crippen LogP contribution in [0.4, 0.5) is 5.95 Å². The minimum absolute atomic E-state index is 0.0223. The average Bonchev–Trinajstić information content (AvgIpc) is 3.26. The van der Waals surface area contributed by atoms with E-state index in [9.17, 15) is 10.1 Å². The molecule has 1 aliphatic heterocycles. The molecule has 2 aliphatic rings. The second-order valence-corrected chi connectivity index (χ2v) is 6.73. The van der Waals surface area contributed by atoms with E-state index in [2.05, 4.69) is 21.3 Å². The van der Waals surface area contributed by atoms with Gasteiger partial charge >= 0.3 is 0 Å². The number of nitrogens with two attached hydrogens (primary N) is 1. The molecular formula is C20H20N6O3. The molecule has 0 bridgehead atoms. The Morgan fingerprint density at radius 3 is 2.79 bits per heavy atom. The van der Waals surface area contributed by atoms with Gasteiger partial charge in [-0.15, -0.1) is 0 Å². The van der Waals surface area contributed by atoms with Crippen molar-refractivity contribution in [2.24, 2.45) is 5.73 Å². The monoisotopic (exact) mass is 392 g/mol. The van der Waals surface area contributed by atoms with E-state index in [1.54, 1.807) is 37.3 Å². The highest BCUT2D eigenvalue weighted by atomic mass is 16.5. The van der Waals surface area contributed by atoms with Crippen molar-refractivity contribution in [1.82, 2.24) is 15.2 Å². The zero-order valence-electron chi connectivity index (χ0n) is 16.1. The lowest BCUT2D eigenvalue weighted by atomic mass is 9.75. The topological polar surface area (TPSA) is 130 Å².